The predicted molar refractivity (Wildman–Crippen MR) is 102 cm³/mol. The van der Waals surface area contributed by atoms with Gasteiger partial charge >= 0.3 is 12.3 Å². The Bertz CT molecular complexity index is 959. The first-order valence-electron chi connectivity index (χ1n) is 9.56. The van der Waals surface area contributed by atoms with E-state index in [0.717, 1.165) is 0 Å². The molecule has 2 amide bonds. The first-order chi connectivity index (χ1) is 14.2. The van der Waals surface area contributed by atoms with E-state index >= 15 is 0 Å². The minimum Gasteiger partial charge on any atom is -0.395 e. The zero-order valence-electron chi connectivity index (χ0n) is 16.4. The van der Waals surface area contributed by atoms with Gasteiger partial charge < -0.3 is 24.6 Å². The highest BCUT2D eigenvalue weighted by Gasteiger charge is 2.45. The molecule has 160 valence electrons. The molecule has 0 radical (unpaired) electrons. The number of carbonyl (C=O) groups excluding carboxylic acids is 1. The van der Waals surface area contributed by atoms with Gasteiger partial charge in [-0.15, -0.1) is 8.78 Å². The van der Waals surface area contributed by atoms with E-state index in [9.17, 15) is 18.0 Å². The second-order valence-corrected chi connectivity index (χ2v) is 7.34. The van der Waals surface area contributed by atoms with E-state index in [2.05, 4.69) is 19.8 Å². The molecular weight excluding hydrogens is 401 g/mol. The molecule has 10 heteroatoms. The molecule has 0 aliphatic carbocycles. The average molecular weight is 422 g/mol. The SMILES string of the molecule is C[C@@H]1CN(c2ccnc(F)c2)CCN1C(=O)N[C@H](C)c1cccc2c1OC(F)(F)O2. The van der Waals surface area contributed by atoms with Crippen molar-refractivity contribution in [1.82, 2.24) is 15.2 Å². The Balaban J connectivity index is 1.41. The van der Waals surface area contributed by atoms with Crippen LogP contribution in [0.3, 0.4) is 0 Å². The molecule has 0 spiro atoms. The zero-order chi connectivity index (χ0) is 21.5. The van der Waals surface area contributed by atoms with Crippen LogP contribution in [0.2, 0.25) is 0 Å². The number of piperazine rings is 1. The summed E-state index contributed by atoms with van der Waals surface area (Å²) in [7, 11) is 0. The topological polar surface area (TPSA) is 66.9 Å². The maximum Gasteiger partial charge on any atom is 0.586 e. The largest absolute Gasteiger partial charge is 0.586 e. The molecule has 4 rings (SSSR count). The van der Waals surface area contributed by atoms with Crippen LogP contribution in [-0.4, -0.2) is 47.9 Å². The lowest BCUT2D eigenvalue weighted by Gasteiger charge is -2.41. The fourth-order valence-corrected chi connectivity index (χ4v) is 3.76. The first kappa shape index (κ1) is 20.1. The predicted octanol–water partition coefficient (Wildman–Crippen LogP) is 3.52. The summed E-state index contributed by atoms with van der Waals surface area (Å²) in [6, 6.07) is 6.60. The lowest BCUT2D eigenvalue weighted by atomic mass is 10.1. The number of pyridine rings is 1. The van der Waals surface area contributed by atoms with Crippen molar-refractivity contribution in [3.05, 3.63) is 48.0 Å². The van der Waals surface area contributed by atoms with Crippen LogP contribution >= 0.6 is 0 Å². The van der Waals surface area contributed by atoms with Gasteiger partial charge in [0.2, 0.25) is 5.95 Å². The quantitative estimate of drug-likeness (QED) is 0.767. The van der Waals surface area contributed by atoms with Gasteiger partial charge in [-0.05, 0) is 26.0 Å². The third kappa shape index (κ3) is 3.94. The Labute approximate surface area is 171 Å². The van der Waals surface area contributed by atoms with Crippen LogP contribution in [0, 0.1) is 5.95 Å². The van der Waals surface area contributed by atoms with E-state index in [1.807, 2.05) is 11.8 Å². The number of fused-ring (bicyclic) bond motifs is 1. The number of carbonyl (C=O) groups is 1. The second-order valence-electron chi connectivity index (χ2n) is 7.34. The Morgan fingerprint density at radius 2 is 2.10 bits per heavy atom. The molecule has 1 aromatic heterocycles. The number of aromatic nitrogens is 1. The molecule has 1 aromatic carbocycles. The molecule has 2 atom stereocenters. The third-order valence-electron chi connectivity index (χ3n) is 5.23. The lowest BCUT2D eigenvalue weighted by Crippen LogP contribution is -2.56. The van der Waals surface area contributed by atoms with Crippen LogP contribution in [0.5, 0.6) is 11.5 Å². The van der Waals surface area contributed by atoms with Gasteiger partial charge in [-0.2, -0.15) is 4.39 Å². The highest BCUT2D eigenvalue weighted by molar-refractivity contribution is 5.76. The molecule has 7 nitrogen and oxygen atoms in total. The molecule has 0 bridgehead atoms. The van der Waals surface area contributed by atoms with E-state index in [1.54, 1.807) is 30.0 Å². The number of nitrogens with zero attached hydrogens (tertiary/aromatic N) is 3. The van der Waals surface area contributed by atoms with Crippen molar-refractivity contribution in [3.63, 3.8) is 0 Å². The highest BCUT2D eigenvalue weighted by atomic mass is 19.3. The first-order valence-corrected chi connectivity index (χ1v) is 9.56. The molecule has 1 N–H and O–H groups in total. The van der Waals surface area contributed by atoms with Crippen molar-refractivity contribution in [2.45, 2.75) is 32.2 Å². The van der Waals surface area contributed by atoms with Gasteiger partial charge in [-0.3, -0.25) is 0 Å². The van der Waals surface area contributed by atoms with Crippen molar-refractivity contribution in [2.75, 3.05) is 24.5 Å². The number of urea groups is 1. The number of para-hydroxylation sites is 1. The molecule has 0 unspecified atom stereocenters. The number of benzene rings is 1. The minimum absolute atomic E-state index is 0.0647. The molecule has 2 aliphatic heterocycles. The molecule has 30 heavy (non-hydrogen) atoms. The standard InChI is InChI=1S/C20H21F3N4O3/c1-12-11-26(14-6-7-24-17(21)10-14)8-9-27(12)19(28)25-13(2)15-4-3-5-16-18(15)30-20(22,23)29-16/h3-7,10,12-13H,8-9,11H2,1-2H3,(H,25,28)/t12-,13-/m1/s1. The second kappa shape index (κ2) is 7.58. The molecule has 3 heterocycles. The summed E-state index contributed by atoms with van der Waals surface area (Å²) < 4.78 is 49.3. The normalized spacial score (nSPS) is 20.8. The van der Waals surface area contributed by atoms with Gasteiger partial charge in [0.15, 0.2) is 11.5 Å². The van der Waals surface area contributed by atoms with Crippen LogP contribution in [0.1, 0.15) is 25.5 Å². The maximum atomic E-state index is 13.4. The number of amides is 2. The van der Waals surface area contributed by atoms with Crippen LogP contribution in [-0.2, 0) is 0 Å². The summed E-state index contributed by atoms with van der Waals surface area (Å²) in [6.45, 7) is 5.06. The number of hydrogen-bond donors (Lipinski definition) is 1. The van der Waals surface area contributed by atoms with Crippen LogP contribution < -0.4 is 19.7 Å². The zero-order valence-corrected chi connectivity index (χ0v) is 16.4. The number of ether oxygens (including phenoxy) is 2. The van der Waals surface area contributed by atoms with Crippen molar-refractivity contribution >= 4 is 11.7 Å². The smallest absolute Gasteiger partial charge is 0.395 e. The van der Waals surface area contributed by atoms with Gasteiger partial charge in [-0.1, -0.05) is 12.1 Å². The molecule has 0 saturated carbocycles. The van der Waals surface area contributed by atoms with Crippen LogP contribution in [0.4, 0.5) is 23.7 Å². The summed E-state index contributed by atoms with van der Waals surface area (Å²) in [5.41, 5.74) is 1.11. The van der Waals surface area contributed by atoms with E-state index in [1.165, 1.54) is 18.3 Å². The minimum atomic E-state index is -3.72. The van der Waals surface area contributed by atoms with Crippen molar-refractivity contribution in [3.8, 4) is 11.5 Å². The number of hydrogen-bond acceptors (Lipinski definition) is 5. The summed E-state index contributed by atoms with van der Waals surface area (Å²) >= 11 is 0. The van der Waals surface area contributed by atoms with E-state index in [-0.39, 0.29) is 23.6 Å². The van der Waals surface area contributed by atoms with E-state index < -0.39 is 18.3 Å². The number of nitrogens with one attached hydrogen (secondary N) is 1. The van der Waals surface area contributed by atoms with Crippen LogP contribution in [0.25, 0.3) is 0 Å². The fourth-order valence-electron chi connectivity index (χ4n) is 3.76. The van der Waals surface area contributed by atoms with Gasteiger partial charge in [0.05, 0.1) is 6.04 Å². The van der Waals surface area contributed by atoms with Gasteiger partial charge in [0, 0.05) is 49.2 Å². The molecule has 2 aliphatic rings. The molecular formula is C20H21F3N4O3. The Hall–Kier alpha value is -3.17. The number of alkyl halides is 2. The molecule has 1 fully saturated rings. The number of halogens is 3. The van der Waals surface area contributed by atoms with E-state index in [4.69, 9.17) is 0 Å². The summed E-state index contributed by atoms with van der Waals surface area (Å²) in [4.78, 5) is 20.0. The number of rotatable bonds is 3. The third-order valence-corrected chi connectivity index (χ3v) is 5.23. The Morgan fingerprint density at radius 1 is 1.30 bits per heavy atom. The van der Waals surface area contributed by atoms with Crippen molar-refractivity contribution in [1.29, 1.82) is 0 Å². The lowest BCUT2D eigenvalue weighted by molar-refractivity contribution is -0.287. The fraction of sp³-hybridized carbons (Fsp3) is 0.400. The van der Waals surface area contributed by atoms with Gasteiger partial charge in [0.25, 0.3) is 0 Å². The Kier molecular flexibility index (Phi) is 5.08. The average Bonchev–Trinajstić information content (AvgIpc) is 3.01. The maximum absolute atomic E-state index is 13.4. The van der Waals surface area contributed by atoms with Crippen molar-refractivity contribution in [2.24, 2.45) is 0 Å². The number of anilines is 1. The molecule has 2 aromatic rings. The van der Waals surface area contributed by atoms with Gasteiger partial charge in [-0.25, -0.2) is 9.78 Å². The van der Waals surface area contributed by atoms with Gasteiger partial charge in [0.1, 0.15) is 0 Å². The Morgan fingerprint density at radius 3 is 2.83 bits per heavy atom. The summed E-state index contributed by atoms with van der Waals surface area (Å²) in [5.74, 6) is -0.695. The summed E-state index contributed by atoms with van der Waals surface area (Å²) in [5, 5.41) is 2.84. The van der Waals surface area contributed by atoms with E-state index in [0.29, 0.717) is 30.9 Å². The van der Waals surface area contributed by atoms with Crippen LogP contribution in [0.15, 0.2) is 36.5 Å². The monoisotopic (exact) mass is 422 g/mol. The summed E-state index contributed by atoms with van der Waals surface area (Å²) in [6.07, 6.45) is -2.32. The molecule has 1 saturated heterocycles. The highest BCUT2D eigenvalue weighted by Crippen LogP contribution is 2.45. The van der Waals surface area contributed by atoms with Crippen molar-refractivity contribution < 1.29 is 27.4 Å².